The number of allylic oxidation sites excluding steroid dienone is 1. The summed E-state index contributed by atoms with van der Waals surface area (Å²) in [5.74, 6) is 0.754. The molecule has 0 bridgehead atoms. The van der Waals surface area contributed by atoms with Gasteiger partial charge in [-0.25, -0.2) is 0 Å². The molecular weight excluding hydrogens is 262 g/mol. The van der Waals surface area contributed by atoms with Crippen LogP contribution in [-0.4, -0.2) is 11.6 Å². The summed E-state index contributed by atoms with van der Waals surface area (Å²) >= 11 is 0. The third kappa shape index (κ3) is 3.61. The number of nitrogens with two attached hydrogens (primary N) is 1. The fourth-order valence-corrected chi connectivity index (χ4v) is 1.92. The number of aromatic nitrogens is 1. The van der Waals surface area contributed by atoms with Crippen molar-refractivity contribution in [1.82, 2.24) is 4.98 Å². The van der Waals surface area contributed by atoms with Crippen LogP contribution < -0.4 is 10.5 Å². The van der Waals surface area contributed by atoms with Gasteiger partial charge in [0.1, 0.15) is 11.8 Å². The number of benzene rings is 1. The molecule has 4 nitrogen and oxygen atoms in total. The topological polar surface area (TPSA) is 71.9 Å². The molecule has 0 atom stereocenters. The van der Waals surface area contributed by atoms with E-state index in [9.17, 15) is 5.26 Å². The maximum Gasteiger partial charge on any atom is 0.119 e. The molecule has 1 heterocycles. The van der Waals surface area contributed by atoms with Gasteiger partial charge in [-0.2, -0.15) is 5.26 Å². The molecule has 0 radical (unpaired) electrons. The summed E-state index contributed by atoms with van der Waals surface area (Å²) in [7, 11) is 0. The number of nitriles is 1. The quantitative estimate of drug-likeness (QED) is 0.853. The molecule has 0 spiro atoms. The van der Waals surface area contributed by atoms with E-state index >= 15 is 0 Å². The van der Waals surface area contributed by atoms with Gasteiger partial charge in [0, 0.05) is 18.0 Å². The molecule has 2 aromatic rings. The Kier molecular flexibility index (Phi) is 4.94. The van der Waals surface area contributed by atoms with Gasteiger partial charge in [-0.1, -0.05) is 19.1 Å². The fraction of sp³-hybridized carbons (Fsp3) is 0.176. The second kappa shape index (κ2) is 7.11. The molecule has 2 N–H and O–H groups in total. The van der Waals surface area contributed by atoms with Gasteiger partial charge in [-0.3, -0.25) is 4.98 Å². The first-order valence-electron chi connectivity index (χ1n) is 6.79. The Morgan fingerprint density at radius 3 is 2.67 bits per heavy atom. The van der Waals surface area contributed by atoms with E-state index < -0.39 is 0 Å². The minimum Gasteiger partial charge on any atom is -0.494 e. The van der Waals surface area contributed by atoms with Crippen LogP contribution in [0.5, 0.6) is 5.75 Å². The Bertz CT molecular complexity index is 672. The summed E-state index contributed by atoms with van der Waals surface area (Å²) in [5.41, 5.74) is 8.56. The molecule has 0 saturated carbocycles. The van der Waals surface area contributed by atoms with Crippen molar-refractivity contribution in [3.63, 3.8) is 0 Å². The Labute approximate surface area is 124 Å². The zero-order valence-electron chi connectivity index (χ0n) is 11.9. The summed E-state index contributed by atoms with van der Waals surface area (Å²) < 4.78 is 5.59. The maximum atomic E-state index is 9.38. The molecule has 0 aliphatic rings. The lowest BCUT2D eigenvalue weighted by atomic mass is 10.0. The second-order valence-corrected chi connectivity index (χ2v) is 4.51. The summed E-state index contributed by atoms with van der Waals surface area (Å²) in [6.45, 7) is 2.71. The van der Waals surface area contributed by atoms with E-state index in [0.717, 1.165) is 23.3 Å². The zero-order valence-corrected chi connectivity index (χ0v) is 11.9. The van der Waals surface area contributed by atoms with Crippen molar-refractivity contribution < 1.29 is 4.74 Å². The van der Waals surface area contributed by atoms with E-state index in [0.29, 0.717) is 17.9 Å². The summed E-state index contributed by atoms with van der Waals surface area (Å²) in [6.07, 6.45) is 4.22. The van der Waals surface area contributed by atoms with Crippen molar-refractivity contribution in [2.45, 2.75) is 13.3 Å². The molecule has 4 heteroatoms. The molecule has 0 unspecified atom stereocenters. The highest BCUT2D eigenvalue weighted by Crippen LogP contribution is 2.24. The molecule has 1 aromatic heterocycles. The smallest absolute Gasteiger partial charge is 0.119 e. The third-order valence-electron chi connectivity index (χ3n) is 2.97. The Morgan fingerprint density at radius 2 is 2.00 bits per heavy atom. The van der Waals surface area contributed by atoms with Crippen molar-refractivity contribution >= 4 is 11.3 Å². The van der Waals surface area contributed by atoms with Crippen LogP contribution in [0.25, 0.3) is 11.3 Å². The number of pyridine rings is 1. The van der Waals surface area contributed by atoms with Crippen LogP contribution in [-0.2, 0) is 0 Å². The first kappa shape index (κ1) is 14.6. The van der Waals surface area contributed by atoms with Crippen LogP contribution in [0.15, 0.2) is 48.8 Å². The van der Waals surface area contributed by atoms with Crippen molar-refractivity contribution in [3.05, 3.63) is 59.9 Å². The van der Waals surface area contributed by atoms with E-state index in [1.54, 1.807) is 24.5 Å². The standard InChI is InChI=1S/C17H17N3O/c1-2-10-21-15-5-3-4-14(11-15)17(19)16(12-18)13-6-8-20-9-7-13/h3-9,11H,2,10,19H2,1H3/b17-16+. The number of ether oxygens (including phenoxy) is 1. The highest BCUT2D eigenvalue weighted by Gasteiger charge is 2.09. The predicted octanol–water partition coefficient (Wildman–Crippen LogP) is 3.22. The Balaban J connectivity index is 2.39. The molecule has 106 valence electrons. The Hall–Kier alpha value is -2.80. The second-order valence-electron chi connectivity index (χ2n) is 4.51. The molecule has 1 aromatic carbocycles. The molecule has 2 rings (SSSR count). The van der Waals surface area contributed by atoms with Crippen molar-refractivity contribution in [2.75, 3.05) is 6.61 Å². The average Bonchev–Trinajstić information content (AvgIpc) is 2.55. The lowest BCUT2D eigenvalue weighted by Gasteiger charge is -2.09. The summed E-state index contributed by atoms with van der Waals surface area (Å²) in [4.78, 5) is 3.95. The Morgan fingerprint density at radius 1 is 1.24 bits per heavy atom. The van der Waals surface area contributed by atoms with Crippen molar-refractivity contribution in [3.8, 4) is 11.8 Å². The molecular formula is C17H17N3O. The molecule has 0 fully saturated rings. The van der Waals surface area contributed by atoms with Gasteiger partial charge in [0.05, 0.1) is 17.9 Å². The summed E-state index contributed by atoms with van der Waals surface area (Å²) in [5, 5.41) is 9.38. The minimum atomic E-state index is 0.435. The van der Waals surface area contributed by atoms with Gasteiger partial charge in [0.15, 0.2) is 0 Å². The van der Waals surface area contributed by atoms with Crippen LogP contribution in [0.1, 0.15) is 24.5 Å². The largest absolute Gasteiger partial charge is 0.494 e. The average molecular weight is 279 g/mol. The van der Waals surface area contributed by atoms with E-state index in [2.05, 4.69) is 18.0 Å². The number of nitrogens with zero attached hydrogens (tertiary/aromatic N) is 2. The van der Waals surface area contributed by atoms with Crippen LogP contribution in [0.3, 0.4) is 0 Å². The third-order valence-corrected chi connectivity index (χ3v) is 2.97. The molecule has 0 saturated heterocycles. The van der Waals surface area contributed by atoms with Crippen LogP contribution in [0.2, 0.25) is 0 Å². The van der Waals surface area contributed by atoms with Gasteiger partial charge in [0.2, 0.25) is 0 Å². The first-order valence-corrected chi connectivity index (χ1v) is 6.79. The first-order chi connectivity index (χ1) is 10.3. The van der Waals surface area contributed by atoms with Crippen LogP contribution in [0.4, 0.5) is 0 Å². The highest BCUT2D eigenvalue weighted by atomic mass is 16.5. The van der Waals surface area contributed by atoms with Gasteiger partial charge < -0.3 is 10.5 Å². The lowest BCUT2D eigenvalue weighted by Crippen LogP contribution is -2.02. The zero-order chi connectivity index (χ0) is 15.1. The van der Waals surface area contributed by atoms with Crippen LogP contribution >= 0.6 is 0 Å². The van der Waals surface area contributed by atoms with Crippen molar-refractivity contribution in [2.24, 2.45) is 5.73 Å². The fourth-order valence-electron chi connectivity index (χ4n) is 1.92. The summed E-state index contributed by atoms with van der Waals surface area (Å²) in [6, 6.07) is 13.2. The van der Waals surface area contributed by atoms with Gasteiger partial charge in [0.25, 0.3) is 0 Å². The number of rotatable bonds is 5. The van der Waals surface area contributed by atoms with E-state index in [-0.39, 0.29) is 0 Å². The molecule has 21 heavy (non-hydrogen) atoms. The monoisotopic (exact) mass is 279 g/mol. The molecule has 0 aliphatic heterocycles. The maximum absolute atomic E-state index is 9.38. The number of hydrogen-bond donors (Lipinski definition) is 1. The number of hydrogen-bond acceptors (Lipinski definition) is 4. The SMILES string of the molecule is CCCOc1cccc(/C(N)=C(/C#N)c2ccncc2)c1. The highest BCUT2D eigenvalue weighted by molar-refractivity contribution is 5.96. The van der Waals surface area contributed by atoms with Gasteiger partial charge >= 0.3 is 0 Å². The van der Waals surface area contributed by atoms with Crippen molar-refractivity contribution in [1.29, 1.82) is 5.26 Å². The minimum absolute atomic E-state index is 0.435. The lowest BCUT2D eigenvalue weighted by molar-refractivity contribution is 0.317. The predicted molar refractivity (Wildman–Crippen MR) is 83.1 cm³/mol. The van der Waals surface area contributed by atoms with E-state index in [1.807, 2.05) is 24.3 Å². The normalized spacial score (nSPS) is 11.4. The van der Waals surface area contributed by atoms with Crippen LogP contribution in [0, 0.1) is 11.3 Å². The van der Waals surface area contributed by atoms with Gasteiger partial charge in [-0.05, 0) is 36.2 Å². The van der Waals surface area contributed by atoms with E-state index in [4.69, 9.17) is 10.5 Å². The molecule has 0 aliphatic carbocycles. The molecule has 0 amide bonds. The van der Waals surface area contributed by atoms with Gasteiger partial charge in [-0.15, -0.1) is 0 Å². The van der Waals surface area contributed by atoms with E-state index in [1.165, 1.54) is 0 Å².